The second-order valence-electron chi connectivity index (χ2n) is 3.17. The third-order valence-electron chi connectivity index (χ3n) is 1.97. The predicted octanol–water partition coefficient (Wildman–Crippen LogP) is 2.64. The highest BCUT2D eigenvalue weighted by atomic mass is 32.2. The lowest BCUT2D eigenvalue weighted by molar-refractivity contribution is 0.684. The molecule has 0 spiro atoms. The van der Waals surface area contributed by atoms with Gasteiger partial charge in [-0.05, 0) is 29.1 Å². The third-order valence-corrected chi connectivity index (χ3v) is 4.66. The SMILES string of the molecule is Nc1cccc(CS(=O)c2cccs2)c1. The summed E-state index contributed by atoms with van der Waals surface area (Å²) >= 11 is 1.52. The van der Waals surface area contributed by atoms with Crippen LogP contribution in [0.5, 0.6) is 0 Å². The van der Waals surface area contributed by atoms with E-state index in [-0.39, 0.29) is 0 Å². The van der Waals surface area contributed by atoms with E-state index in [0.29, 0.717) is 5.75 Å². The van der Waals surface area contributed by atoms with E-state index in [4.69, 9.17) is 5.73 Å². The van der Waals surface area contributed by atoms with Gasteiger partial charge in [-0.1, -0.05) is 18.2 Å². The lowest BCUT2D eigenvalue weighted by Crippen LogP contribution is -1.95. The number of thiophene rings is 1. The van der Waals surface area contributed by atoms with Gasteiger partial charge < -0.3 is 5.73 Å². The maximum atomic E-state index is 11.9. The molecule has 0 saturated carbocycles. The maximum Gasteiger partial charge on any atom is 0.0913 e. The van der Waals surface area contributed by atoms with Gasteiger partial charge in [0.25, 0.3) is 0 Å². The van der Waals surface area contributed by atoms with Crippen molar-refractivity contribution in [1.82, 2.24) is 0 Å². The van der Waals surface area contributed by atoms with Crippen LogP contribution in [0.1, 0.15) is 5.56 Å². The Hall–Kier alpha value is -1.13. The molecule has 1 heterocycles. The van der Waals surface area contributed by atoms with Gasteiger partial charge in [-0.3, -0.25) is 4.21 Å². The van der Waals surface area contributed by atoms with E-state index in [1.807, 2.05) is 41.8 Å². The predicted molar refractivity (Wildman–Crippen MR) is 65.3 cm³/mol. The van der Waals surface area contributed by atoms with Crippen molar-refractivity contribution in [3.05, 3.63) is 47.3 Å². The number of hydrogen-bond acceptors (Lipinski definition) is 3. The quantitative estimate of drug-likeness (QED) is 0.834. The molecular weight excluding hydrogens is 226 g/mol. The summed E-state index contributed by atoms with van der Waals surface area (Å²) in [5.74, 6) is 0.533. The fourth-order valence-corrected chi connectivity index (χ4v) is 3.37. The molecule has 0 amide bonds. The van der Waals surface area contributed by atoms with Crippen molar-refractivity contribution < 1.29 is 4.21 Å². The van der Waals surface area contributed by atoms with E-state index in [2.05, 4.69) is 0 Å². The molecule has 0 radical (unpaired) electrons. The van der Waals surface area contributed by atoms with E-state index in [9.17, 15) is 4.21 Å². The van der Waals surface area contributed by atoms with Crippen LogP contribution in [0.2, 0.25) is 0 Å². The summed E-state index contributed by atoms with van der Waals surface area (Å²) in [7, 11) is -0.949. The molecule has 0 bridgehead atoms. The first-order valence-corrected chi connectivity index (χ1v) is 6.72. The Morgan fingerprint density at radius 3 is 2.80 bits per heavy atom. The highest BCUT2D eigenvalue weighted by Crippen LogP contribution is 2.18. The van der Waals surface area contributed by atoms with Crippen LogP contribution >= 0.6 is 11.3 Å². The second-order valence-corrected chi connectivity index (χ2v) is 5.79. The molecule has 2 N–H and O–H groups in total. The van der Waals surface area contributed by atoms with Crippen LogP contribution in [0.4, 0.5) is 5.69 Å². The topological polar surface area (TPSA) is 43.1 Å². The van der Waals surface area contributed by atoms with Gasteiger partial charge in [0.1, 0.15) is 0 Å². The molecule has 2 aromatic rings. The van der Waals surface area contributed by atoms with Crippen LogP contribution < -0.4 is 5.73 Å². The van der Waals surface area contributed by atoms with Gasteiger partial charge in [0.15, 0.2) is 0 Å². The molecule has 0 fully saturated rings. The Bertz CT molecular complexity index is 465. The van der Waals surface area contributed by atoms with Crippen molar-refractivity contribution in [3.8, 4) is 0 Å². The highest BCUT2D eigenvalue weighted by molar-refractivity contribution is 7.86. The molecule has 2 nitrogen and oxygen atoms in total. The summed E-state index contributed by atoms with van der Waals surface area (Å²) in [6.45, 7) is 0. The zero-order chi connectivity index (χ0) is 10.7. The van der Waals surface area contributed by atoms with Gasteiger partial charge in [-0.15, -0.1) is 11.3 Å². The van der Waals surface area contributed by atoms with Crippen LogP contribution in [0.3, 0.4) is 0 Å². The Kier molecular flexibility index (Phi) is 3.18. The minimum absolute atomic E-state index is 0.533. The number of nitrogen functional groups attached to an aromatic ring is 1. The normalized spacial score (nSPS) is 12.5. The Morgan fingerprint density at radius 2 is 2.13 bits per heavy atom. The minimum atomic E-state index is -0.949. The number of hydrogen-bond donors (Lipinski definition) is 1. The van der Waals surface area contributed by atoms with Gasteiger partial charge >= 0.3 is 0 Å². The first kappa shape index (κ1) is 10.4. The van der Waals surface area contributed by atoms with Crippen molar-refractivity contribution >= 4 is 27.8 Å². The molecule has 0 aliphatic carbocycles. The summed E-state index contributed by atoms with van der Waals surface area (Å²) < 4.78 is 12.8. The molecule has 0 aliphatic rings. The monoisotopic (exact) mass is 237 g/mol. The van der Waals surface area contributed by atoms with Crippen molar-refractivity contribution in [2.24, 2.45) is 0 Å². The molecule has 78 valence electrons. The standard InChI is InChI=1S/C11H11NOS2/c12-10-4-1-3-9(7-10)8-15(13)11-5-2-6-14-11/h1-7H,8,12H2. The Balaban J connectivity index is 2.13. The number of nitrogens with two attached hydrogens (primary N) is 1. The fourth-order valence-electron chi connectivity index (χ4n) is 1.30. The first-order chi connectivity index (χ1) is 7.25. The molecule has 4 heteroatoms. The lowest BCUT2D eigenvalue weighted by atomic mass is 10.2. The van der Waals surface area contributed by atoms with Gasteiger partial charge in [0.05, 0.1) is 20.8 Å². The van der Waals surface area contributed by atoms with Crippen LogP contribution in [0, 0.1) is 0 Å². The van der Waals surface area contributed by atoms with E-state index in [1.54, 1.807) is 0 Å². The maximum absolute atomic E-state index is 11.9. The van der Waals surface area contributed by atoms with Crippen molar-refractivity contribution in [3.63, 3.8) is 0 Å². The average molecular weight is 237 g/mol. The zero-order valence-electron chi connectivity index (χ0n) is 8.05. The molecular formula is C11H11NOS2. The van der Waals surface area contributed by atoms with Crippen LogP contribution in [0.25, 0.3) is 0 Å². The van der Waals surface area contributed by atoms with E-state index in [0.717, 1.165) is 15.5 Å². The Labute approximate surface area is 95.2 Å². The summed E-state index contributed by atoms with van der Waals surface area (Å²) in [5, 5.41) is 1.94. The number of rotatable bonds is 3. The summed E-state index contributed by atoms with van der Waals surface area (Å²) in [4.78, 5) is 0. The molecule has 1 aromatic heterocycles. The van der Waals surface area contributed by atoms with Crippen LogP contribution in [-0.4, -0.2) is 4.21 Å². The summed E-state index contributed by atoms with van der Waals surface area (Å²) in [6, 6.07) is 11.3. The van der Waals surface area contributed by atoms with Crippen molar-refractivity contribution in [1.29, 1.82) is 0 Å². The summed E-state index contributed by atoms with van der Waals surface area (Å²) in [5.41, 5.74) is 7.39. The zero-order valence-corrected chi connectivity index (χ0v) is 9.68. The van der Waals surface area contributed by atoms with Crippen LogP contribution in [0.15, 0.2) is 46.0 Å². The molecule has 1 aromatic carbocycles. The third kappa shape index (κ3) is 2.67. The average Bonchev–Trinajstić information content (AvgIpc) is 2.70. The Morgan fingerprint density at radius 1 is 1.27 bits per heavy atom. The van der Waals surface area contributed by atoms with Crippen LogP contribution in [-0.2, 0) is 16.6 Å². The van der Waals surface area contributed by atoms with Gasteiger partial charge in [0, 0.05) is 5.69 Å². The van der Waals surface area contributed by atoms with Gasteiger partial charge in [0.2, 0.25) is 0 Å². The number of benzene rings is 1. The largest absolute Gasteiger partial charge is 0.399 e. The minimum Gasteiger partial charge on any atom is -0.399 e. The number of anilines is 1. The molecule has 2 rings (SSSR count). The molecule has 0 aliphatic heterocycles. The lowest BCUT2D eigenvalue weighted by Gasteiger charge is -2.01. The molecule has 0 saturated heterocycles. The van der Waals surface area contributed by atoms with Gasteiger partial charge in [-0.25, -0.2) is 0 Å². The smallest absolute Gasteiger partial charge is 0.0913 e. The molecule has 15 heavy (non-hydrogen) atoms. The highest BCUT2D eigenvalue weighted by Gasteiger charge is 2.05. The van der Waals surface area contributed by atoms with Crippen molar-refractivity contribution in [2.45, 2.75) is 9.96 Å². The van der Waals surface area contributed by atoms with E-state index in [1.165, 1.54) is 11.3 Å². The first-order valence-electron chi connectivity index (χ1n) is 4.52. The van der Waals surface area contributed by atoms with E-state index < -0.39 is 10.8 Å². The fraction of sp³-hybridized carbons (Fsp3) is 0.0909. The second kappa shape index (κ2) is 4.59. The molecule has 1 atom stereocenters. The molecule has 1 unspecified atom stereocenters. The van der Waals surface area contributed by atoms with E-state index >= 15 is 0 Å². The summed E-state index contributed by atoms with van der Waals surface area (Å²) in [6.07, 6.45) is 0. The van der Waals surface area contributed by atoms with Crippen molar-refractivity contribution in [2.75, 3.05) is 5.73 Å². The van der Waals surface area contributed by atoms with Gasteiger partial charge in [-0.2, -0.15) is 0 Å².